The Bertz CT molecular complexity index is 728. The van der Waals surface area contributed by atoms with Gasteiger partial charge in [-0.1, -0.05) is 25.9 Å². The smallest absolute Gasteiger partial charge is 0.282 e. The summed E-state index contributed by atoms with van der Waals surface area (Å²) < 4.78 is 34.4. The third kappa shape index (κ3) is 4.51. The Hall–Kier alpha value is -1.07. The summed E-state index contributed by atoms with van der Waals surface area (Å²) in [6.07, 6.45) is 0. The molecule has 1 atom stereocenters. The second kappa shape index (κ2) is 7.75. The molecular weight excluding hydrogens is 368 g/mol. The summed E-state index contributed by atoms with van der Waals surface area (Å²) in [4.78, 5) is 8.90. The molecule has 2 aliphatic rings. The number of aromatic nitrogens is 2. The quantitative estimate of drug-likeness (QED) is 0.729. The van der Waals surface area contributed by atoms with Crippen molar-refractivity contribution in [2.45, 2.75) is 39.2 Å². The van der Waals surface area contributed by atoms with Gasteiger partial charge >= 0.3 is 0 Å². The molecule has 0 bridgehead atoms. The Kier molecular flexibility index (Phi) is 5.93. The minimum atomic E-state index is -3.38. The van der Waals surface area contributed by atoms with Crippen LogP contribution >= 0.6 is 0 Å². The molecule has 0 amide bonds. The van der Waals surface area contributed by atoms with E-state index in [1.165, 1.54) is 0 Å². The first-order valence-electron chi connectivity index (χ1n) is 9.61. The van der Waals surface area contributed by atoms with Crippen molar-refractivity contribution in [1.82, 2.24) is 28.6 Å². The predicted molar refractivity (Wildman–Crippen MR) is 103 cm³/mol. The average molecular weight is 401 g/mol. The molecule has 1 aromatic heterocycles. The minimum Gasteiger partial charge on any atom is -0.338 e. The zero-order chi connectivity index (χ0) is 19.8. The summed E-state index contributed by atoms with van der Waals surface area (Å²) in [7, 11) is -1.36. The summed E-state index contributed by atoms with van der Waals surface area (Å²) >= 11 is 0. The largest absolute Gasteiger partial charge is 0.338 e. The average Bonchev–Trinajstić information content (AvgIpc) is 3.12. The van der Waals surface area contributed by atoms with Crippen LogP contribution in [-0.2, 0) is 15.6 Å². The van der Waals surface area contributed by atoms with Crippen molar-refractivity contribution >= 4 is 10.2 Å². The van der Waals surface area contributed by atoms with Crippen molar-refractivity contribution in [2.24, 2.45) is 0 Å². The molecule has 1 unspecified atom stereocenters. The molecule has 3 heterocycles. The monoisotopic (exact) mass is 400 g/mol. The van der Waals surface area contributed by atoms with Gasteiger partial charge in [0.25, 0.3) is 10.2 Å². The van der Waals surface area contributed by atoms with Crippen molar-refractivity contribution in [2.75, 3.05) is 59.4 Å². The number of piperazine rings is 2. The van der Waals surface area contributed by atoms with Gasteiger partial charge in [-0.3, -0.25) is 4.90 Å². The first-order valence-corrected chi connectivity index (χ1v) is 11.0. The van der Waals surface area contributed by atoms with Crippen LogP contribution in [0.25, 0.3) is 0 Å². The molecule has 0 N–H and O–H groups in total. The zero-order valence-corrected chi connectivity index (χ0v) is 17.9. The summed E-state index contributed by atoms with van der Waals surface area (Å²) in [5.74, 6) is 1.29. The summed E-state index contributed by atoms with van der Waals surface area (Å²) in [5.41, 5.74) is -0.156. The van der Waals surface area contributed by atoms with Gasteiger partial charge in [-0.05, 0) is 14.0 Å². The molecule has 0 radical (unpaired) electrons. The Morgan fingerprint density at radius 2 is 1.48 bits per heavy atom. The number of hydrogen-bond acceptors (Lipinski definition) is 7. The number of nitrogens with zero attached hydrogens (tertiary/aromatic N) is 6. The molecule has 0 aliphatic carbocycles. The Balaban J connectivity index is 1.59. The maximum Gasteiger partial charge on any atom is 0.282 e. The molecule has 0 saturated carbocycles. The molecule has 0 aromatic carbocycles. The van der Waals surface area contributed by atoms with Crippen LogP contribution in [0.2, 0.25) is 0 Å². The molecule has 1 aromatic rings. The highest BCUT2D eigenvalue weighted by atomic mass is 32.2. The van der Waals surface area contributed by atoms with Crippen molar-refractivity contribution in [1.29, 1.82) is 0 Å². The SMILES string of the molecule is CC(c1nc(C(C)(C)C)no1)N1CCN(S(=O)(=O)N2CCN(C)CC2)CC1. The highest BCUT2D eigenvalue weighted by Crippen LogP contribution is 2.25. The van der Waals surface area contributed by atoms with E-state index < -0.39 is 10.2 Å². The summed E-state index contributed by atoms with van der Waals surface area (Å²) in [6, 6.07) is -0.0258. The lowest BCUT2D eigenvalue weighted by atomic mass is 9.96. The van der Waals surface area contributed by atoms with Gasteiger partial charge in [0.2, 0.25) is 5.89 Å². The van der Waals surface area contributed by atoms with Gasteiger partial charge in [-0.25, -0.2) is 0 Å². The van der Waals surface area contributed by atoms with Crippen LogP contribution in [0.3, 0.4) is 0 Å². The topological polar surface area (TPSA) is 86.0 Å². The van der Waals surface area contributed by atoms with E-state index in [2.05, 4.69) is 19.9 Å². The van der Waals surface area contributed by atoms with E-state index in [1.807, 2.05) is 34.7 Å². The van der Waals surface area contributed by atoms with Crippen molar-refractivity contribution < 1.29 is 12.9 Å². The molecule has 0 spiro atoms. The van der Waals surface area contributed by atoms with Crippen LogP contribution < -0.4 is 0 Å². The van der Waals surface area contributed by atoms with Crippen molar-refractivity contribution in [3.63, 3.8) is 0 Å². The van der Waals surface area contributed by atoms with E-state index in [1.54, 1.807) is 8.61 Å². The molecule has 2 fully saturated rings. The molecule has 27 heavy (non-hydrogen) atoms. The first kappa shape index (κ1) is 20.7. The Labute approximate surface area is 162 Å². The van der Waals surface area contributed by atoms with Crippen molar-refractivity contribution in [3.8, 4) is 0 Å². The highest BCUT2D eigenvalue weighted by Gasteiger charge is 2.35. The molecular formula is C17H32N6O3S. The van der Waals surface area contributed by atoms with E-state index in [0.717, 1.165) is 13.1 Å². The minimum absolute atomic E-state index is 0.0258. The Morgan fingerprint density at radius 3 is 1.96 bits per heavy atom. The molecule has 10 heteroatoms. The summed E-state index contributed by atoms with van der Waals surface area (Å²) in [5, 5.41) is 4.10. The number of rotatable bonds is 4. The standard InChI is InChI=1S/C17H32N6O3S/c1-14(15-18-16(19-26-15)17(2,3)4)21-8-12-23(13-9-21)27(24,25)22-10-6-20(5)7-11-22/h14H,6-13H2,1-5H3. The first-order chi connectivity index (χ1) is 12.6. The van der Waals surface area contributed by atoms with E-state index in [9.17, 15) is 8.42 Å². The molecule has 3 rings (SSSR count). The third-order valence-electron chi connectivity index (χ3n) is 5.41. The van der Waals surface area contributed by atoms with Gasteiger partial charge in [0.15, 0.2) is 5.82 Å². The fourth-order valence-electron chi connectivity index (χ4n) is 3.37. The maximum atomic E-state index is 12.9. The lowest BCUT2D eigenvalue weighted by Crippen LogP contribution is -2.56. The van der Waals surface area contributed by atoms with E-state index in [-0.39, 0.29) is 11.5 Å². The predicted octanol–water partition coefficient (Wildman–Crippen LogP) is 0.538. The van der Waals surface area contributed by atoms with E-state index >= 15 is 0 Å². The normalized spacial score (nSPS) is 23.6. The second-order valence-electron chi connectivity index (χ2n) is 8.53. The lowest BCUT2D eigenvalue weighted by Gasteiger charge is -2.40. The Morgan fingerprint density at radius 1 is 0.963 bits per heavy atom. The van der Waals surface area contributed by atoms with Gasteiger partial charge in [0.05, 0.1) is 6.04 Å². The van der Waals surface area contributed by atoms with Crippen LogP contribution in [0.4, 0.5) is 0 Å². The van der Waals surface area contributed by atoms with Gasteiger partial charge < -0.3 is 9.42 Å². The second-order valence-corrected chi connectivity index (χ2v) is 10.5. The van der Waals surface area contributed by atoms with E-state index in [0.29, 0.717) is 51.0 Å². The fraction of sp³-hybridized carbons (Fsp3) is 0.882. The molecule has 154 valence electrons. The van der Waals surface area contributed by atoms with Crippen LogP contribution in [-0.4, -0.2) is 96.4 Å². The molecule has 2 aliphatic heterocycles. The lowest BCUT2D eigenvalue weighted by molar-refractivity contribution is 0.118. The van der Waals surface area contributed by atoms with Gasteiger partial charge in [-0.2, -0.15) is 22.0 Å². The summed E-state index contributed by atoms with van der Waals surface area (Å²) in [6.45, 7) is 13.1. The fourth-order valence-corrected chi connectivity index (χ4v) is 4.95. The van der Waals surface area contributed by atoms with Crippen LogP contribution in [0, 0.1) is 0 Å². The molecule has 2 saturated heterocycles. The highest BCUT2D eigenvalue weighted by molar-refractivity contribution is 7.86. The molecule has 9 nitrogen and oxygen atoms in total. The van der Waals surface area contributed by atoms with Crippen LogP contribution in [0.5, 0.6) is 0 Å². The van der Waals surface area contributed by atoms with Gasteiger partial charge in [0, 0.05) is 57.8 Å². The van der Waals surface area contributed by atoms with Gasteiger partial charge in [0.1, 0.15) is 0 Å². The van der Waals surface area contributed by atoms with Crippen molar-refractivity contribution in [3.05, 3.63) is 11.7 Å². The van der Waals surface area contributed by atoms with E-state index in [4.69, 9.17) is 4.52 Å². The third-order valence-corrected chi connectivity index (χ3v) is 7.44. The van der Waals surface area contributed by atoms with Gasteiger partial charge in [-0.15, -0.1) is 0 Å². The maximum absolute atomic E-state index is 12.9. The number of hydrogen-bond donors (Lipinski definition) is 0. The number of likely N-dealkylation sites (N-methyl/N-ethyl adjacent to an activating group) is 1. The zero-order valence-electron chi connectivity index (χ0n) is 17.1. The van der Waals surface area contributed by atoms with Crippen LogP contribution in [0.1, 0.15) is 45.5 Å². The van der Waals surface area contributed by atoms with Crippen LogP contribution in [0.15, 0.2) is 4.52 Å².